The Balaban J connectivity index is 1.47. The summed E-state index contributed by atoms with van der Waals surface area (Å²) in [6, 6.07) is 14.9. The summed E-state index contributed by atoms with van der Waals surface area (Å²) in [6.07, 6.45) is 1.32. The molecular formula is C24H23N5O2. The van der Waals surface area contributed by atoms with Crippen LogP contribution in [0.15, 0.2) is 47.0 Å². The van der Waals surface area contributed by atoms with Gasteiger partial charge in [0.15, 0.2) is 5.82 Å². The van der Waals surface area contributed by atoms with Crippen LogP contribution in [-0.4, -0.2) is 39.5 Å². The second-order valence-corrected chi connectivity index (χ2v) is 7.56. The number of nitrogens with zero attached hydrogens (tertiary/aromatic N) is 4. The van der Waals surface area contributed by atoms with Gasteiger partial charge in [-0.25, -0.2) is 0 Å². The van der Waals surface area contributed by atoms with Crippen LogP contribution >= 0.6 is 0 Å². The zero-order chi connectivity index (χ0) is 22.0. The average Bonchev–Trinajstić information content (AvgIpc) is 3.40. The minimum absolute atomic E-state index is 0.118. The Bertz CT molecular complexity index is 1280. The zero-order valence-corrected chi connectivity index (χ0v) is 17.8. The number of aromatic nitrogens is 3. The molecule has 0 radical (unpaired) electrons. The lowest BCUT2D eigenvalue weighted by Crippen LogP contribution is -2.29. The molecule has 0 saturated heterocycles. The maximum absolute atomic E-state index is 12.6. The standard InChI is InChI=1S/C24H23N5O2/c1-4-18-19-13-15(2)5-10-20(19)26-22(18)23-27-21(28-31-23)11-12-29(3)24(30)17-8-6-16(14-25)7-9-17/h5-10,13,26H,4,11-12H2,1-3H3. The van der Waals surface area contributed by atoms with E-state index in [1.165, 1.54) is 10.9 Å². The molecule has 156 valence electrons. The van der Waals surface area contributed by atoms with Gasteiger partial charge < -0.3 is 14.4 Å². The van der Waals surface area contributed by atoms with Gasteiger partial charge in [0.1, 0.15) is 5.69 Å². The lowest BCUT2D eigenvalue weighted by atomic mass is 10.1. The van der Waals surface area contributed by atoms with Crippen molar-refractivity contribution in [2.24, 2.45) is 0 Å². The highest BCUT2D eigenvalue weighted by Crippen LogP contribution is 2.30. The van der Waals surface area contributed by atoms with Gasteiger partial charge in [-0.2, -0.15) is 10.2 Å². The second-order valence-electron chi connectivity index (χ2n) is 7.56. The molecule has 0 saturated carbocycles. The van der Waals surface area contributed by atoms with Crippen LogP contribution in [0.1, 0.15) is 39.8 Å². The first kappa shape index (κ1) is 20.4. The number of likely N-dealkylation sites (N-methyl/N-ethyl adjacent to an activating group) is 1. The Morgan fingerprint density at radius 2 is 2.00 bits per heavy atom. The fourth-order valence-corrected chi connectivity index (χ4v) is 3.65. The molecule has 0 bridgehead atoms. The Morgan fingerprint density at radius 1 is 1.23 bits per heavy atom. The van der Waals surface area contributed by atoms with Crippen molar-refractivity contribution in [3.05, 3.63) is 70.5 Å². The summed E-state index contributed by atoms with van der Waals surface area (Å²) in [5.41, 5.74) is 5.32. The van der Waals surface area contributed by atoms with E-state index in [4.69, 9.17) is 9.78 Å². The molecule has 4 aromatic rings. The minimum Gasteiger partial charge on any atom is -0.350 e. The highest BCUT2D eigenvalue weighted by Gasteiger charge is 2.18. The van der Waals surface area contributed by atoms with Gasteiger partial charge in [-0.1, -0.05) is 23.7 Å². The van der Waals surface area contributed by atoms with Gasteiger partial charge in [-0.15, -0.1) is 0 Å². The van der Waals surface area contributed by atoms with Crippen molar-refractivity contribution >= 4 is 16.8 Å². The monoisotopic (exact) mass is 413 g/mol. The van der Waals surface area contributed by atoms with Gasteiger partial charge in [0.25, 0.3) is 11.8 Å². The molecule has 7 nitrogen and oxygen atoms in total. The van der Waals surface area contributed by atoms with Gasteiger partial charge >= 0.3 is 0 Å². The van der Waals surface area contributed by atoms with Crippen molar-refractivity contribution < 1.29 is 9.32 Å². The molecule has 0 unspecified atom stereocenters. The number of carbonyl (C=O) groups is 1. The SMILES string of the molecule is CCc1c(-c2nc(CCN(C)C(=O)c3ccc(C#N)cc3)no2)[nH]c2ccc(C)cc12. The third-order valence-electron chi connectivity index (χ3n) is 5.38. The van der Waals surface area contributed by atoms with Crippen LogP contribution < -0.4 is 0 Å². The summed E-state index contributed by atoms with van der Waals surface area (Å²) in [5.74, 6) is 0.889. The molecule has 2 heterocycles. The van der Waals surface area contributed by atoms with Crippen LogP contribution in [-0.2, 0) is 12.8 Å². The number of nitrogens with one attached hydrogen (secondary N) is 1. The molecule has 0 aliphatic carbocycles. The summed E-state index contributed by atoms with van der Waals surface area (Å²) in [4.78, 5) is 22.1. The molecule has 0 atom stereocenters. The number of amides is 1. The number of rotatable bonds is 6. The zero-order valence-electron chi connectivity index (χ0n) is 17.8. The first-order chi connectivity index (χ1) is 15.0. The van der Waals surface area contributed by atoms with Crippen LogP contribution in [0.4, 0.5) is 0 Å². The largest absolute Gasteiger partial charge is 0.350 e. The van der Waals surface area contributed by atoms with Gasteiger partial charge in [0, 0.05) is 36.5 Å². The fourth-order valence-electron chi connectivity index (χ4n) is 3.65. The van der Waals surface area contributed by atoms with E-state index in [1.807, 2.05) is 6.07 Å². The molecule has 31 heavy (non-hydrogen) atoms. The van der Waals surface area contributed by atoms with Crippen LogP contribution in [0.25, 0.3) is 22.5 Å². The number of aryl methyl sites for hydroxylation is 2. The van der Waals surface area contributed by atoms with E-state index in [9.17, 15) is 4.79 Å². The summed E-state index contributed by atoms with van der Waals surface area (Å²) >= 11 is 0. The van der Waals surface area contributed by atoms with Crippen molar-refractivity contribution in [2.45, 2.75) is 26.7 Å². The van der Waals surface area contributed by atoms with Crippen molar-refractivity contribution in [3.8, 4) is 17.7 Å². The molecule has 2 aromatic carbocycles. The molecule has 0 fully saturated rings. The lowest BCUT2D eigenvalue weighted by molar-refractivity contribution is 0.0796. The van der Waals surface area contributed by atoms with E-state index in [0.29, 0.717) is 35.8 Å². The van der Waals surface area contributed by atoms with E-state index in [-0.39, 0.29) is 5.91 Å². The fraction of sp³-hybridized carbons (Fsp3) is 0.250. The first-order valence-electron chi connectivity index (χ1n) is 10.2. The van der Waals surface area contributed by atoms with Crippen molar-refractivity contribution in [3.63, 3.8) is 0 Å². The van der Waals surface area contributed by atoms with E-state index >= 15 is 0 Å². The minimum atomic E-state index is -0.118. The predicted octanol–water partition coefficient (Wildman–Crippen LogP) is 4.28. The van der Waals surface area contributed by atoms with Crippen molar-refractivity contribution in [2.75, 3.05) is 13.6 Å². The molecular weight excluding hydrogens is 390 g/mol. The van der Waals surface area contributed by atoms with Crippen LogP contribution in [0.3, 0.4) is 0 Å². The van der Waals surface area contributed by atoms with E-state index in [0.717, 1.165) is 23.2 Å². The van der Waals surface area contributed by atoms with Gasteiger partial charge in [0.05, 0.1) is 11.6 Å². The number of fused-ring (bicyclic) bond motifs is 1. The maximum Gasteiger partial charge on any atom is 0.274 e. The molecule has 7 heteroatoms. The van der Waals surface area contributed by atoms with Crippen molar-refractivity contribution in [1.82, 2.24) is 20.0 Å². The highest BCUT2D eigenvalue weighted by molar-refractivity contribution is 5.94. The molecule has 1 amide bonds. The number of hydrogen-bond donors (Lipinski definition) is 1. The second kappa shape index (κ2) is 8.44. The Morgan fingerprint density at radius 3 is 2.71 bits per heavy atom. The third kappa shape index (κ3) is 4.05. The summed E-state index contributed by atoms with van der Waals surface area (Å²) in [6.45, 7) is 4.63. The normalized spacial score (nSPS) is 10.9. The Kier molecular flexibility index (Phi) is 5.54. The topological polar surface area (TPSA) is 98.8 Å². The Hall–Kier alpha value is -3.92. The molecule has 0 spiro atoms. The smallest absolute Gasteiger partial charge is 0.274 e. The summed E-state index contributed by atoms with van der Waals surface area (Å²) < 4.78 is 5.53. The van der Waals surface area contributed by atoms with Gasteiger partial charge in [-0.05, 0) is 55.3 Å². The van der Waals surface area contributed by atoms with Crippen LogP contribution in [0.5, 0.6) is 0 Å². The summed E-state index contributed by atoms with van der Waals surface area (Å²) in [5, 5.41) is 14.2. The quantitative estimate of drug-likeness (QED) is 0.509. The highest BCUT2D eigenvalue weighted by atomic mass is 16.5. The number of aromatic amines is 1. The molecule has 0 aliphatic heterocycles. The Labute approximate surface area is 180 Å². The molecule has 2 aromatic heterocycles. The van der Waals surface area contributed by atoms with Gasteiger partial charge in [-0.3, -0.25) is 4.79 Å². The maximum atomic E-state index is 12.6. The predicted molar refractivity (Wildman–Crippen MR) is 118 cm³/mol. The number of carbonyl (C=O) groups excluding carboxylic acids is 1. The van der Waals surface area contributed by atoms with E-state index < -0.39 is 0 Å². The molecule has 1 N–H and O–H groups in total. The third-order valence-corrected chi connectivity index (χ3v) is 5.38. The van der Waals surface area contributed by atoms with Crippen LogP contribution in [0.2, 0.25) is 0 Å². The number of benzene rings is 2. The van der Waals surface area contributed by atoms with Gasteiger partial charge in [0.2, 0.25) is 0 Å². The lowest BCUT2D eigenvalue weighted by Gasteiger charge is -2.16. The van der Waals surface area contributed by atoms with Crippen LogP contribution in [0, 0.1) is 18.3 Å². The van der Waals surface area contributed by atoms with E-state index in [2.05, 4.69) is 47.2 Å². The van der Waals surface area contributed by atoms with E-state index in [1.54, 1.807) is 36.2 Å². The number of H-pyrrole nitrogens is 1. The summed E-state index contributed by atoms with van der Waals surface area (Å²) in [7, 11) is 1.73. The molecule has 4 rings (SSSR count). The average molecular weight is 413 g/mol. The first-order valence-corrected chi connectivity index (χ1v) is 10.2. The number of hydrogen-bond acceptors (Lipinski definition) is 5. The number of nitriles is 1. The van der Waals surface area contributed by atoms with Crippen molar-refractivity contribution in [1.29, 1.82) is 5.26 Å². The molecule has 0 aliphatic rings.